The van der Waals surface area contributed by atoms with Crippen molar-refractivity contribution in [1.82, 2.24) is 20.9 Å². The molecule has 4 amide bonds. The number of hydrogen-bond acceptors (Lipinski definition) is 5. The van der Waals surface area contributed by atoms with Gasteiger partial charge in [0.2, 0.25) is 0 Å². The minimum Gasteiger partial charge on any atom is -0.350 e. The van der Waals surface area contributed by atoms with Crippen LogP contribution in [-0.4, -0.2) is 34.9 Å². The Labute approximate surface area is 131 Å². The highest BCUT2D eigenvalue weighted by Crippen LogP contribution is 2.37. The predicted molar refractivity (Wildman–Crippen MR) is 80.7 cm³/mol. The van der Waals surface area contributed by atoms with Crippen molar-refractivity contribution in [2.45, 2.75) is 38.6 Å². The molecule has 8 heteroatoms. The summed E-state index contributed by atoms with van der Waals surface area (Å²) >= 11 is 1.48. The molecular weight excluding hydrogens is 304 g/mol. The number of imide groups is 1. The lowest BCUT2D eigenvalue weighted by atomic mass is 9.87. The number of hydrogen-bond donors (Lipinski definition) is 3. The fourth-order valence-electron chi connectivity index (χ4n) is 3.36. The molecule has 1 aromatic rings. The molecule has 0 unspecified atom stereocenters. The summed E-state index contributed by atoms with van der Waals surface area (Å²) in [5.41, 5.74) is -0.424. The Balaban J connectivity index is 1.68. The molecule has 3 N–H and O–H groups in total. The summed E-state index contributed by atoms with van der Waals surface area (Å²) in [5, 5.41) is 8.75. The van der Waals surface area contributed by atoms with Crippen molar-refractivity contribution in [2.75, 3.05) is 6.54 Å². The van der Waals surface area contributed by atoms with E-state index in [1.54, 1.807) is 0 Å². The summed E-state index contributed by atoms with van der Waals surface area (Å²) in [6.45, 7) is 4.07. The van der Waals surface area contributed by atoms with Crippen molar-refractivity contribution in [3.05, 3.63) is 15.6 Å². The van der Waals surface area contributed by atoms with E-state index in [-0.39, 0.29) is 17.7 Å². The van der Waals surface area contributed by atoms with E-state index in [1.165, 1.54) is 11.3 Å². The predicted octanol–water partition coefficient (Wildman–Crippen LogP) is 0.868. The smallest absolute Gasteiger partial charge is 0.322 e. The van der Waals surface area contributed by atoms with E-state index in [1.807, 2.05) is 13.8 Å². The van der Waals surface area contributed by atoms with Crippen molar-refractivity contribution < 1.29 is 14.4 Å². The summed E-state index contributed by atoms with van der Waals surface area (Å²) in [6.07, 6.45) is 2.26. The zero-order valence-corrected chi connectivity index (χ0v) is 13.3. The molecule has 1 saturated carbocycles. The minimum atomic E-state index is -0.864. The van der Waals surface area contributed by atoms with Crippen LogP contribution < -0.4 is 16.0 Å². The number of urea groups is 1. The van der Waals surface area contributed by atoms with Gasteiger partial charge in [-0.3, -0.25) is 14.9 Å². The number of amides is 4. The number of carbonyl (C=O) groups excluding carboxylic acids is 3. The van der Waals surface area contributed by atoms with Crippen LogP contribution in [0.25, 0.3) is 0 Å². The molecule has 0 aromatic carbocycles. The van der Waals surface area contributed by atoms with Crippen molar-refractivity contribution >= 4 is 29.2 Å². The van der Waals surface area contributed by atoms with Gasteiger partial charge in [0.1, 0.15) is 11.2 Å². The fourth-order valence-corrected chi connectivity index (χ4v) is 4.18. The van der Waals surface area contributed by atoms with Gasteiger partial charge >= 0.3 is 6.03 Å². The van der Waals surface area contributed by atoms with Gasteiger partial charge in [0.05, 0.1) is 5.01 Å². The molecule has 3 rings (SSSR count). The highest BCUT2D eigenvalue weighted by Gasteiger charge is 2.54. The second-order valence-corrected chi connectivity index (χ2v) is 7.22. The molecule has 2 fully saturated rings. The molecule has 118 valence electrons. The Hall–Kier alpha value is -1.96. The summed E-state index contributed by atoms with van der Waals surface area (Å²) in [4.78, 5) is 40.8. The van der Waals surface area contributed by atoms with Gasteiger partial charge in [0.25, 0.3) is 11.8 Å². The molecule has 2 atom stereocenters. The van der Waals surface area contributed by atoms with Gasteiger partial charge < -0.3 is 10.6 Å². The molecule has 22 heavy (non-hydrogen) atoms. The van der Waals surface area contributed by atoms with Crippen LogP contribution in [0.5, 0.6) is 0 Å². The van der Waals surface area contributed by atoms with Crippen molar-refractivity contribution in [1.29, 1.82) is 0 Å². The average molecular weight is 322 g/mol. The lowest BCUT2D eigenvalue weighted by Crippen LogP contribution is -2.53. The molecule has 0 bridgehead atoms. The number of nitrogens with zero attached hydrogens (tertiary/aromatic N) is 1. The summed E-state index contributed by atoms with van der Waals surface area (Å²) in [6, 6.07) is -0.450. The van der Waals surface area contributed by atoms with Crippen LogP contribution in [0.3, 0.4) is 0 Å². The van der Waals surface area contributed by atoms with E-state index in [0.717, 1.165) is 22.7 Å². The highest BCUT2D eigenvalue weighted by atomic mass is 32.1. The van der Waals surface area contributed by atoms with Crippen LogP contribution in [0, 0.1) is 19.8 Å². The van der Waals surface area contributed by atoms with Crippen molar-refractivity contribution in [2.24, 2.45) is 5.92 Å². The molecular formula is C14H18N4O3S. The minimum absolute atomic E-state index is 0.0945. The molecule has 1 aromatic heterocycles. The first-order chi connectivity index (χ1) is 10.4. The molecule has 2 heterocycles. The van der Waals surface area contributed by atoms with Gasteiger partial charge in [-0.25, -0.2) is 9.78 Å². The second-order valence-electron chi connectivity index (χ2n) is 5.82. The van der Waals surface area contributed by atoms with Crippen molar-refractivity contribution in [3.63, 3.8) is 0 Å². The topological polar surface area (TPSA) is 100 Å². The standard InChI is InChI=1S/C14H18N4O3S/c1-7-10(16-8(2)22-7)11(19)15-6-9-4-3-5-14(9)12(20)17-13(21)18-14/h9H,3-6H2,1-2H3,(H,15,19)(H2,17,18,20,21)/t9-,14+/m1/s1. The zero-order valence-electron chi connectivity index (χ0n) is 12.5. The summed E-state index contributed by atoms with van der Waals surface area (Å²) in [5.74, 6) is -0.605. The number of aromatic nitrogens is 1. The van der Waals surface area contributed by atoms with Crippen LogP contribution in [0.4, 0.5) is 4.79 Å². The average Bonchev–Trinajstić information content (AvgIpc) is 3.08. The molecule has 0 radical (unpaired) electrons. The Morgan fingerprint density at radius 1 is 1.45 bits per heavy atom. The number of carbonyl (C=O) groups is 3. The van der Waals surface area contributed by atoms with Gasteiger partial charge in [-0.1, -0.05) is 6.42 Å². The van der Waals surface area contributed by atoms with Gasteiger partial charge in [-0.2, -0.15) is 0 Å². The lowest BCUT2D eigenvalue weighted by molar-refractivity contribution is -0.125. The second kappa shape index (κ2) is 5.35. The number of rotatable bonds is 3. The Bertz CT molecular complexity index is 657. The Morgan fingerprint density at radius 2 is 2.23 bits per heavy atom. The van der Waals surface area contributed by atoms with Crippen molar-refractivity contribution in [3.8, 4) is 0 Å². The van der Waals surface area contributed by atoms with Crippen LogP contribution in [-0.2, 0) is 4.79 Å². The van der Waals surface area contributed by atoms with Crippen LogP contribution in [0.1, 0.15) is 39.6 Å². The number of nitrogens with one attached hydrogen (secondary N) is 3. The van der Waals surface area contributed by atoms with Gasteiger partial charge in [0.15, 0.2) is 0 Å². The first kappa shape index (κ1) is 15.0. The van der Waals surface area contributed by atoms with Gasteiger partial charge in [0, 0.05) is 17.3 Å². The zero-order chi connectivity index (χ0) is 15.9. The molecule has 1 saturated heterocycles. The van der Waals surface area contributed by atoms with Crippen LogP contribution >= 0.6 is 11.3 Å². The van der Waals surface area contributed by atoms with E-state index in [2.05, 4.69) is 20.9 Å². The monoisotopic (exact) mass is 322 g/mol. The molecule has 1 aliphatic carbocycles. The Kier molecular flexibility index (Phi) is 3.64. The number of aryl methyl sites for hydroxylation is 2. The summed E-state index contributed by atoms with van der Waals surface area (Å²) in [7, 11) is 0. The van der Waals surface area contributed by atoms with Crippen LogP contribution in [0.2, 0.25) is 0 Å². The molecule has 7 nitrogen and oxygen atoms in total. The van der Waals surface area contributed by atoms with E-state index in [9.17, 15) is 14.4 Å². The van der Waals surface area contributed by atoms with E-state index >= 15 is 0 Å². The first-order valence-corrected chi connectivity index (χ1v) is 8.10. The third-order valence-electron chi connectivity index (χ3n) is 4.42. The first-order valence-electron chi connectivity index (χ1n) is 7.28. The summed E-state index contributed by atoms with van der Waals surface area (Å²) < 4.78 is 0. The van der Waals surface area contributed by atoms with E-state index < -0.39 is 11.6 Å². The number of thiazole rings is 1. The molecule has 1 aliphatic heterocycles. The third kappa shape index (κ3) is 2.37. The Morgan fingerprint density at radius 3 is 2.82 bits per heavy atom. The quantitative estimate of drug-likeness (QED) is 0.719. The maximum atomic E-state index is 12.2. The van der Waals surface area contributed by atoms with Gasteiger partial charge in [-0.05, 0) is 26.7 Å². The van der Waals surface area contributed by atoms with E-state index in [4.69, 9.17) is 0 Å². The maximum Gasteiger partial charge on any atom is 0.322 e. The normalized spacial score (nSPS) is 27.1. The highest BCUT2D eigenvalue weighted by molar-refractivity contribution is 7.11. The maximum absolute atomic E-state index is 12.2. The third-order valence-corrected chi connectivity index (χ3v) is 5.30. The fraction of sp³-hybridized carbons (Fsp3) is 0.571. The van der Waals surface area contributed by atoms with Gasteiger partial charge in [-0.15, -0.1) is 11.3 Å². The lowest BCUT2D eigenvalue weighted by Gasteiger charge is -2.28. The SMILES string of the molecule is Cc1nc(C(=O)NC[C@H]2CCC[C@]23NC(=O)NC3=O)c(C)s1. The molecule has 2 aliphatic rings. The largest absolute Gasteiger partial charge is 0.350 e. The molecule has 1 spiro atoms. The van der Waals surface area contributed by atoms with E-state index in [0.29, 0.717) is 18.7 Å². The van der Waals surface area contributed by atoms with Crippen LogP contribution in [0.15, 0.2) is 0 Å².